The second kappa shape index (κ2) is 9.67. The van der Waals surface area contributed by atoms with Crippen LogP contribution in [-0.2, 0) is 20.2 Å². The van der Waals surface area contributed by atoms with Crippen LogP contribution < -0.4 is 15.6 Å². The summed E-state index contributed by atoms with van der Waals surface area (Å²) in [5, 5.41) is 10.3. The van der Waals surface area contributed by atoms with Crippen molar-refractivity contribution in [2.24, 2.45) is 7.05 Å². The lowest BCUT2D eigenvalue weighted by molar-refractivity contribution is 0.0692. The van der Waals surface area contributed by atoms with Gasteiger partial charge in [-0.3, -0.25) is 10.2 Å². The lowest BCUT2D eigenvalue weighted by Crippen LogP contribution is -2.37. The molecule has 1 aromatic heterocycles. The number of nitrogens with one attached hydrogen (secondary N) is 2. The van der Waals surface area contributed by atoms with Crippen molar-refractivity contribution in [3.8, 4) is 5.75 Å². The normalized spacial score (nSPS) is 10.6. The molecule has 0 atom stereocenters. The number of hydrogen-bond acceptors (Lipinski definition) is 4. The topological polar surface area (TPSA) is 92.6 Å². The molecule has 3 N–H and O–H groups in total. The van der Waals surface area contributed by atoms with Crippen molar-refractivity contribution in [1.82, 2.24) is 15.4 Å². The molecular formula is C21H19Cl2N3O4. The van der Waals surface area contributed by atoms with E-state index in [9.17, 15) is 14.7 Å². The van der Waals surface area contributed by atoms with Crippen molar-refractivity contribution in [2.75, 3.05) is 0 Å². The number of benzene rings is 2. The van der Waals surface area contributed by atoms with Crippen LogP contribution in [0.1, 0.15) is 32.0 Å². The zero-order valence-corrected chi connectivity index (χ0v) is 17.5. The van der Waals surface area contributed by atoms with Crippen LogP contribution in [0.5, 0.6) is 5.75 Å². The fourth-order valence-corrected chi connectivity index (χ4v) is 3.15. The van der Waals surface area contributed by atoms with Crippen molar-refractivity contribution in [3.05, 3.63) is 87.2 Å². The van der Waals surface area contributed by atoms with Gasteiger partial charge >= 0.3 is 5.97 Å². The van der Waals surface area contributed by atoms with Crippen molar-refractivity contribution < 1.29 is 19.4 Å². The van der Waals surface area contributed by atoms with E-state index in [2.05, 4.69) is 10.9 Å². The molecule has 0 aliphatic heterocycles. The first kappa shape index (κ1) is 21.7. The van der Waals surface area contributed by atoms with Crippen LogP contribution in [0.3, 0.4) is 0 Å². The standard InChI is InChI=1S/C21H19Cl2N3O4/c1-26-11-15(21(28)29)19(30-12-14-7-8-16(22)17(23)9-14)18(26)20(27)25-24-10-13-5-3-2-4-6-13/h2-9,11,24H,10,12H2,1H3,(H,25,27)(H,28,29). The first-order valence-electron chi connectivity index (χ1n) is 8.93. The highest BCUT2D eigenvalue weighted by molar-refractivity contribution is 6.42. The molecule has 0 aliphatic carbocycles. The van der Waals surface area contributed by atoms with Crippen molar-refractivity contribution in [2.45, 2.75) is 13.2 Å². The molecule has 0 unspecified atom stereocenters. The smallest absolute Gasteiger partial charge is 0.341 e. The van der Waals surface area contributed by atoms with Crippen LogP contribution in [0.15, 0.2) is 54.7 Å². The summed E-state index contributed by atoms with van der Waals surface area (Å²) in [6, 6.07) is 14.5. The number of carbonyl (C=O) groups is 2. The number of carbonyl (C=O) groups excluding carboxylic acids is 1. The number of hydrazine groups is 1. The molecule has 1 heterocycles. The quantitative estimate of drug-likeness (QED) is 0.453. The Hall–Kier alpha value is -3.00. The molecule has 3 rings (SSSR count). The average molecular weight is 448 g/mol. The number of aromatic carboxylic acids is 1. The summed E-state index contributed by atoms with van der Waals surface area (Å²) < 4.78 is 7.13. The van der Waals surface area contributed by atoms with E-state index in [1.807, 2.05) is 30.3 Å². The SMILES string of the molecule is Cn1cc(C(=O)O)c(OCc2ccc(Cl)c(Cl)c2)c1C(=O)NNCc1ccccc1. The Labute approximate surface area is 183 Å². The number of amides is 1. The number of carboxylic acid groups (broad SMARTS) is 1. The Morgan fingerprint density at radius 3 is 2.47 bits per heavy atom. The third kappa shape index (κ3) is 5.13. The predicted molar refractivity (Wildman–Crippen MR) is 114 cm³/mol. The molecule has 1 amide bonds. The van der Waals surface area contributed by atoms with E-state index in [4.69, 9.17) is 27.9 Å². The number of aromatic nitrogens is 1. The van der Waals surface area contributed by atoms with Gasteiger partial charge in [0.25, 0.3) is 5.91 Å². The number of hydrogen-bond donors (Lipinski definition) is 3. The van der Waals surface area contributed by atoms with E-state index >= 15 is 0 Å². The van der Waals surface area contributed by atoms with Crippen LogP contribution in [0.25, 0.3) is 0 Å². The first-order valence-corrected chi connectivity index (χ1v) is 9.69. The predicted octanol–water partition coefficient (Wildman–Crippen LogP) is 4.04. The Balaban J connectivity index is 1.76. The van der Waals surface area contributed by atoms with E-state index in [0.717, 1.165) is 5.56 Å². The molecule has 2 aromatic carbocycles. The highest BCUT2D eigenvalue weighted by Gasteiger charge is 2.25. The summed E-state index contributed by atoms with van der Waals surface area (Å²) in [4.78, 5) is 24.4. The maximum absolute atomic E-state index is 12.7. The molecule has 7 nitrogen and oxygen atoms in total. The number of rotatable bonds is 8. The molecule has 9 heteroatoms. The lowest BCUT2D eigenvalue weighted by Gasteiger charge is -2.12. The molecule has 0 fully saturated rings. The van der Waals surface area contributed by atoms with Gasteiger partial charge in [0.2, 0.25) is 0 Å². The molecule has 0 radical (unpaired) electrons. The summed E-state index contributed by atoms with van der Waals surface area (Å²) in [5.74, 6) is -1.76. The zero-order valence-electron chi connectivity index (χ0n) is 16.0. The largest absolute Gasteiger partial charge is 0.486 e. The van der Waals surface area contributed by atoms with Crippen LogP contribution in [0.2, 0.25) is 10.0 Å². The van der Waals surface area contributed by atoms with Crippen molar-refractivity contribution >= 4 is 35.1 Å². The van der Waals surface area contributed by atoms with Gasteiger partial charge in [-0.1, -0.05) is 59.6 Å². The average Bonchev–Trinajstić information content (AvgIpc) is 3.06. The zero-order chi connectivity index (χ0) is 21.7. The van der Waals surface area contributed by atoms with Crippen molar-refractivity contribution in [3.63, 3.8) is 0 Å². The molecule has 0 bridgehead atoms. The summed E-state index contributed by atoms with van der Waals surface area (Å²) in [6.45, 7) is 0.418. The van der Waals surface area contributed by atoms with Crippen LogP contribution >= 0.6 is 23.2 Å². The fraction of sp³-hybridized carbons (Fsp3) is 0.143. The maximum atomic E-state index is 12.7. The van der Waals surface area contributed by atoms with E-state index in [0.29, 0.717) is 22.2 Å². The molecule has 30 heavy (non-hydrogen) atoms. The van der Waals surface area contributed by atoms with Crippen LogP contribution in [0, 0.1) is 0 Å². The van der Waals surface area contributed by atoms with Crippen LogP contribution in [-0.4, -0.2) is 21.6 Å². The Morgan fingerprint density at radius 2 is 1.80 bits per heavy atom. The third-order valence-corrected chi connectivity index (χ3v) is 5.02. The minimum Gasteiger partial charge on any atom is -0.486 e. The van der Waals surface area contributed by atoms with Gasteiger partial charge in [0.05, 0.1) is 10.0 Å². The molecule has 0 aliphatic rings. The van der Waals surface area contributed by atoms with Gasteiger partial charge in [0, 0.05) is 19.8 Å². The summed E-state index contributed by atoms with van der Waals surface area (Å²) >= 11 is 11.9. The molecule has 0 saturated carbocycles. The number of carboxylic acids is 1. The van der Waals surface area contributed by atoms with E-state index in [1.54, 1.807) is 25.2 Å². The maximum Gasteiger partial charge on any atom is 0.341 e. The van der Waals surface area contributed by atoms with Crippen molar-refractivity contribution in [1.29, 1.82) is 0 Å². The second-order valence-corrected chi connectivity index (χ2v) is 7.28. The number of halogens is 2. The Bertz CT molecular complexity index is 1070. The van der Waals surface area contributed by atoms with Gasteiger partial charge in [-0.15, -0.1) is 0 Å². The van der Waals surface area contributed by atoms with Gasteiger partial charge in [-0.05, 0) is 23.3 Å². The third-order valence-electron chi connectivity index (χ3n) is 4.29. The molecule has 156 valence electrons. The minimum absolute atomic E-state index is 0.0128. The molecule has 0 spiro atoms. The van der Waals surface area contributed by atoms with Gasteiger partial charge in [-0.2, -0.15) is 0 Å². The second-order valence-electron chi connectivity index (χ2n) is 6.47. The highest BCUT2D eigenvalue weighted by Crippen LogP contribution is 2.28. The Kier molecular flexibility index (Phi) is 6.99. The minimum atomic E-state index is -1.20. The first-order chi connectivity index (χ1) is 14.4. The van der Waals surface area contributed by atoms with Crippen LogP contribution in [0.4, 0.5) is 0 Å². The van der Waals surface area contributed by atoms with Gasteiger partial charge in [-0.25, -0.2) is 10.2 Å². The van der Waals surface area contributed by atoms with E-state index in [1.165, 1.54) is 10.8 Å². The lowest BCUT2D eigenvalue weighted by atomic mass is 10.2. The highest BCUT2D eigenvalue weighted by atomic mass is 35.5. The molecular weight excluding hydrogens is 429 g/mol. The van der Waals surface area contributed by atoms with E-state index in [-0.39, 0.29) is 23.6 Å². The van der Waals surface area contributed by atoms with Gasteiger partial charge in [0.1, 0.15) is 12.2 Å². The monoisotopic (exact) mass is 447 g/mol. The van der Waals surface area contributed by atoms with Gasteiger partial charge in [0.15, 0.2) is 11.4 Å². The van der Waals surface area contributed by atoms with E-state index < -0.39 is 11.9 Å². The summed E-state index contributed by atoms with van der Waals surface area (Å²) in [6.07, 6.45) is 1.33. The summed E-state index contributed by atoms with van der Waals surface area (Å²) in [7, 11) is 1.57. The summed E-state index contributed by atoms with van der Waals surface area (Å²) in [5.41, 5.74) is 7.02. The number of ether oxygens (including phenoxy) is 1. The Morgan fingerprint density at radius 1 is 1.07 bits per heavy atom. The molecule has 3 aromatic rings. The van der Waals surface area contributed by atoms with Gasteiger partial charge < -0.3 is 14.4 Å². The number of nitrogens with zero attached hydrogens (tertiary/aromatic N) is 1. The fourth-order valence-electron chi connectivity index (χ4n) is 2.83. The molecule has 0 saturated heterocycles. The number of aryl methyl sites for hydroxylation is 1.